The number of nitriles is 1. The maximum absolute atomic E-state index is 14.1. The van der Waals surface area contributed by atoms with E-state index in [1.54, 1.807) is 18.2 Å². The van der Waals surface area contributed by atoms with E-state index in [-0.39, 0.29) is 32.0 Å². The van der Waals surface area contributed by atoms with Crippen molar-refractivity contribution in [1.82, 2.24) is 4.90 Å². The van der Waals surface area contributed by atoms with Crippen molar-refractivity contribution in [2.24, 2.45) is 11.8 Å². The fourth-order valence-corrected chi connectivity index (χ4v) is 2.90. The van der Waals surface area contributed by atoms with Crippen LogP contribution in [0.1, 0.15) is 35.2 Å². The van der Waals surface area contributed by atoms with E-state index >= 15 is 0 Å². The number of halogens is 2. The van der Waals surface area contributed by atoms with Crippen LogP contribution in [0.3, 0.4) is 0 Å². The van der Waals surface area contributed by atoms with Gasteiger partial charge >= 0.3 is 0 Å². The summed E-state index contributed by atoms with van der Waals surface area (Å²) in [5, 5.41) is 8.92. The number of rotatable bonds is 5. The highest BCUT2D eigenvalue weighted by atomic mass is 19.3. The highest BCUT2D eigenvalue weighted by Crippen LogP contribution is 2.35. The summed E-state index contributed by atoms with van der Waals surface area (Å²) in [7, 11) is 0. The molecule has 128 valence electrons. The van der Waals surface area contributed by atoms with Gasteiger partial charge in [-0.2, -0.15) is 5.26 Å². The Morgan fingerprint density at radius 1 is 1.38 bits per heavy atom. The first-order valence-electron chi connectivity index (χ1n) is 8.24. The van der Waals surface area contributed by atoms with Gasteiger partial charge in [-0.3, -0.25) is 4.79 Å². The van der Waals surface area contributed by atoms with E-state index in [4.69, 9.17) is 10.00 Å². The first-order chi connectivity index (χ1) is 11.5. The Morgan fingerprint density at radius 2 is 2.17 bits per heavy atom. The molecule has 2 fully saturated rings. The molecule has 1 aromatic carbocycles. The fraction of sp³-hybridized carbons (Fsp3) is 0.556. The zero-order valence-corrected chi connectivity index (χ0v) is 13.4. The van der Waals surface area contributed by atoms with E-state index < -0.39 is 11.8 Å². The third kappa shape index (κ3) is 3.90. The Labute approximate surface area is 140 Å². The van der Waals surface area contributed by atoms with Crippen LogP contribution in [0.15, 0.2) is 24.3 Å². The second-order valence-corrected chi connectivity index (χ2v) is 6.63. The first-order valence-corrected chi connectivity index (χ1v) is 8.24. The summed E-state index contributed by atoms with van der Waals surface area (Å²) in [6.07, 6.45) is 1.87. The molecule has 24 heavy (non-hydrogen) atoms. The molecule has 1 aromatic rings. The van der Waals surface area contributed by atoms with Gasteiger partial charge < -0.3 is 9.64 Å². The monoisotopic (exact) mass is 334 g/mol. The van der Waals surface area contributed by atoms with Crippen LogP contribution in [0.4, 0.5) is 8.78 Å². The molecule has 0 bridgehead atoms. The van der Waals surface area contributed by atoms with Crippen LogP contribution < -0.4 is 0 Å². The van der Waals surface area contributed by atoms with Crippen molar-refractivity contribution in [3.63, 3.8) is 0 Å². The predicted octanol–water partition coefficient (Wildman–Crippen LogP) is 3.08. The molecule has 0 aromatic heterocycles. The summed E-state index contributed by atoms with van der Waals surface area (Å²) in [5.74, 6) is -3.58. The van der Waals surface area contributed by atoms with E-state index in [1.165, 1.54) is 11.0 Å². The van der Waals surface area contributed by atoms with E-state index in [0.29, 0.717) is 23.7 Å². The number of nitrogens with zero attached hydrogens (tertiary/aromatic N) is 2. The topological polar surface area (TPSA) is 53.3 Å². The molecule has 0 spiro atoms. The molecule has 1 saturated carbocycles. The van der Waals surface area contributed by atoms with Crippen molar-refractivity contribution >= 4 is 5.91 Å². The van der Waals surface area contributed by atoms with Crippen LogP contribution in [-0.4, -0.2) is 43.0 Å². The molecule has 1 unspecified atom stereocenters. The van der Waals surface area contributed by atoms with E-state index in [0.717, 1.165) is 12.8 Å². The summed E-state index contributed by atoms with van der Waals surface area (Å²) < 4.78 is 33.7. The number of hydrogen-bond acceptors (Lipinski definition) is 3. The largest absolute Gasteiger partial charge is 0.381 e. The summed E-state index contributed by atoms with van der Waals surface area (Å²) in [6.45, 7) is 0.505. The number of carbonyl (C=O) groups excluding carboxylic acids is 1. The molecule has 1 atom stereocenters. The van der Waals surface area contributed by atoms with Crippen molar-refractivity contribution in [2.45, 2.75) is 25.2 Å². The summed E-state index contributed by atoms with van der Waals surface area (Å²) >= 11 is 0. The molecule has 6 heteroatoms. The van der Waals surface area contributed by atoms with Gasteiger partial charge in [-0.1, -0.05) is 6.07 Å². The van der Waals surface area contributed by atoms with E-state index in [1.807, 2.05) is 6.07 Å². The third-order valence-corrected chi connectivity index (χ3v) is 4.65. The Balaban J connectivity index is 1.64. The predicted molar refractivity (Wildman–Crippen MR) is 83.7 cm³/mol. The molecule has 0 N–H and O–H groups in total. The quantitative estimate of drug-likeness (QED) is 0.831. The first kappa shape index (κ1) is 16.8. The number of amides is 1. The zero-order chi connectivity index (χ0) is 17.2. The number of alkyl halides is 2. The van der Waals surface area contributed by atoms with Gasteiger partial charge in [-0.25, -0.2) is 8.78 Å². The molecule has 1 saturated heterocycles. The lowest BCUT2D eigenvalue weighted by atomic mass is 9.93. The highest BCUT2D eigenvalue weighted by molar-refractivity contribution is 5.94. The Morgan fingerprint density at radius 3 is 2.88 bits per heavy atom. The van der Waals surface area contributed by atoms with Gasteiger partial charge in [0, 0.05) is 31.7 Å². The lowest BCUT2D eigenvalue weighted by Crippen LogP contribution is -2.51. The van der Waals surface area contributed by atoms with Gasteiger partial charge in [0.15, 0.2) is 0 Å². The molecule has 1 heterocycles. The molecule has 1 aliphatic heterocycles. The number of ether oxygens (including phenoxy) is 1. The summed E-state index contributed by atoms with van der Waals surface area (Å²) in [6, 6.07) is 8.31. The van der Waals surface area contributed by atoms with Gasteiger partial charge in [-0.15, -0.1) is 0 Å². The number of likely N-dealkylation sites (tertiary alicyclic amines) is 1. The van der Waals surface area contributed by atoms with Crippen LogP contribution in [0.2, 0.25) is 0 Å². The Hall–Kier alpha value is -2.00. The summed E-state index contributed by atoms with van der Waals surface area (Å²) in [5.41, 5.74) is 0.740. The molecular formula is C18H20F2N2O2. The maximum atomic E-state index is 14.1. The zero-order valence-electron chi connectivity index (χ0n) is 13.4. The van der Waals surface area contributed by atoms with Crippen LogP contribution in [0, 0.1) is 23.2 Å². The maximum Gasteiger partial charge on any atom is 0.256 e. The SMILES string of the molecule is N#Cc1cccc(C(=O)N2CCC(F)(F)C(COCC3CC3)C2)c1. The second kappa shape index (κ2) is 6.86. The molecule has 0 radical (unpaired) electrons. The van der Waals surface area contributed by atoms with Gasteiger partial charge in [-0.05, 0) is 37.0 Å². The van der Waals surface area contributed by atoms with Crippen molar-refractivity contribution < 1.29 is 18.3 Å². The van der Waals surface area contributed by atoms with Gasteiger partial charge in [0.05, 0.1) is 24.2 Å². The molecular weight excluding hydrogens is 314 g/mol. The minimum absolute atomic E-state index is 0.0156. The lowest BCUT2D eigenvalue weighted by Gasteiger charge is -2.38. The molecule has 4 nitrogen and oxygen atoms in total. The summed E-state index contributed by atoms with van der Waals surface area (Å²) in [4.78, 5) is 14.0. The number of piperidine rings is 1. The standard InChI is InChI=1S/C18H20F2N2O2/c19-18(20)6-7-22(10-16(18)12-24-11-13-4-5-13)17(23)15-3-1-2-14(8-15)9-21/h1-3,8,13,16H,4-7,10-12H2. The average Bonchev–Trinajstić information content (AvgIpc) is 3.40. The number of hydrogen-bond donors (Lipinski definition) is 0. The van der Waals surface area contributed by atoms with E-state index in [2.05, 4.69) is 0 Å². The van der Waals surface area contributed by atoms with Crippen molar-refractivity contribution in [1.29, 1.82) is 5.26 Å². The van der Waals surface area contributed by atoms with Crippen LogP contribution in [-0.2, 0) is 4.74 Å². The Kier molecular flexibility index (Phi) is 4.81. The minimum Gasteiger partial charge on any atom is -0.381 e. The van der Waals surface area contributed by atoms with Crippen molar-refractivity contribution in [3.8, 4) is 6.07 Å². The van der Waals surface area contributed by atoms with E-state index in [9.17, 15) is 13.6 Å². The molecule has 1 aliphatic carbocycles. The third-order valence-electron chi connectivity index (χ3n) is 4.65. The second-order valence-electron chi connectivity index (χ2n) is 6.63. The smallest absolute Gasteiger partial charge is 0.256 e. The van der Waals surface area contributed by atoms with Crippen molar-refractivity contribution in [3.05, 3.63) is 35.4 Å². The number of benzene rings is 1. The molecule has 3 rings (SSSR count). The average molecular weight is 334 g/mol. The van der Waals surface area contributed by atoms with Crippen LogP contribution >= 0.6 is 0 Å². The highest BCUT2D eigenvalue weighted by Gasteiger charge is 2.45. The Bertz CT molecular complexity index is 653. The lowest BCUT2D eigenvalue weighted by molar-refractivity contribution is -0.122. The van der Waals surface area contributed by atoms with Gasteiger partial charge in [0.2, 0.25) is 0 Å². The molecule has 1 amide bonds. The number of carbonyl (C=O) groups is 1. The van der Waals surface area contributed by atoms with Crippen LogP contribution in [0.25, 0.3) is 0 Å². The minimum atomic E-state index is -2.81. The van der Waals surface area contributed by atoms with Crippen LogP contribution in [0.5, 0.6) is 0 Å². The van der Waals surface area contributed by atoms with Gasteiger partial charge in [0.1, 0.15) is 0 Å². The normalized spacial score (nSPS) is 22.9. The van der Waals surface area contributed by atoms with Crippen molar-refractivity contribution in [2.75, 3.05) is 26.3 Å². The fourth-order valence-electron chi connectivity index (χ4n) is 2.90. The molecule has 2 aliphatic rings. The van der Waals surface area contributed by atoms with Gasteiger partial charge in [0.25, 0.3) is 11.8 Å².